The van der Waals surface area contributed by atoms with E-state index in [9.17, 15) is 19.1 Å². The van der Waals surface area contributed by atoms with Gasteiger partial charge in [-0.2, -0.15) is 0 Å². The molecule has 4 saturated carbocycles. The maximum Gasteiger partial charge on any atom is 0.290 e. The van der Waals surface area contributed by atoms with E-state index in [1.165, 1.54) is 38.3 Å². The highest BCUT2D eigenvalue weighted by Gasteiger charge is 2.59. The lowest BCUT2D eigenvalue weighted by molar-refractivity contribution is -0.150. The van der Waals surface area contributed by atoms with Crippen LogP contribution >= 0.6 is 0 Å². The van der Waals surface area contributed by atoms with Gasteiger partial charge in [-0.05, 0) is 80.9 Å². The fraction of sp³-hybridized carbons (Fsp3) is 0.545. The summed E-state index contributed by atoms with van der Waals surface area (Å²) in [5.74, 6) is 0.188. The minimum absolute atomic E-state index is 0.112. The van der Waals surface area contributed by atoms with Gasteiger partial charge in [0.1, 0.15) is 5.82 Å². The van der Waals surface area contributed by atoms with Gasteiger partial charge in [-0.1, -0.05) is 12.1 Å². The van der Waals surface area contributed by atoms with Gasteiger partial charge in [-0.3, -0.25) is 9.59 Å². The molecule has 0 spiro atoms. The van der Waals surface area contributed by atoms with Crippen molar-refractivity contribution in [1.29, 1.82) is 0 Å². The largest absolute Gasteiger partial charge is 0.503 e. The fourth-order valence-electron chi connectivity index (χ4n) is 6.81. The Balaban J connectivity index is 1.64. The summed E-state index contributed by atoms with van der Waals surface area (Å²) in [4.78, 5) is 27.3. The van der Waals surface area contributed by atoms with E-state index in [-0.39, 0.29) is 16.9 Å². The van der Waals surface area contributed by atoms with Crippen LogP contribution in [0.5, 0.6) is 0 Å². The molecule has 5 heteroatoms. The van der Waals surface area contributed by atoms with Crippen LogP contribution in [0.2, 0.25) is 0 Å². The fourth-order valence-corrected chi connectivity index (χ4v) is 6.81. The lowest BCUT2D eigenvalue weighted by Gasteiger charge is -2.60. The predicted octanol–water partition coefficient (Wildman–Crippen LogP) is 4.08. The smallest absolute Gasteiger partial charge is 0.290 e. The van der Waals surface area contributed by atoms with Crippen molar-refractivity contribution < 1.29 is 19.1 Å². The third-order valence-electron chi connectivity index (χ3n) is 7.27. The molecule has 1 N–H and O–H groups in total. The third kappa shape index (κ3) is 2.40. The molecule has 27 heavy (non-hydrogen) atoms. The normalized spacial score (nSPS) is 37.4. The van der Waals surface area contributed by atoms with E-state index in [0.717, 1.165) is 19.3 Å². The predicted molar refractivity (Wildman–Crippen MR) is 97.2 cm³/mol. The van der Waals surface area contributed by atoms with Gasteiger partial charge in [0.2, 0.25) is 0 Å². The van der Waals surface area contributed by atoms with Gasteiger partial charge >= 0.3 is 0 Å². The van der Waals surface area contributed by atoms with E-state index in [1.54, 1.807) is 17.0 Å². The Labute approximate surface area is 158 Å². The van der Waals surface area contributed by atoms with Crippen molar-refractivity contribution in [3.05, 3.63) is 47.0 Å². The van der Waals surface area contributed by atoms with E-state index in [0.29, 0.717) is 23.3 Å². The molecular weight excluding hydrogens is 345 g/mol. The van der Waals surface area contributed by atoms with Crippen LogP contribution in [-0.4, -0.2) is 27.2 Å². The van der Waals surface area contributed by atoms with E-state index in [2.05, 4.69) is 0 Å². The van der Waals surface area contributed by atoms with Gasteiger partial charge in [0.25, 0.3) is 5.91 Å². The molecule has 5 aliphatic rings. The quantitative estimate of drug-likeness (QED) is 0.873. The summed E-state index contributed by atoms with van der Waals surface area (Å²) >= 11 is 0. The first-order valence-electron chi connectivity index (χ1n) is 9.91. The average molecular weight is 369 g/mol. The lowest BCUT2D eigenvalue weighted by atomic mass is 9.52. The first kappa shape index (κ1) is 17.0. The van der Waals surface area contributed by atoms with Crippen LogP contribution in [0.3, 0.4) is 0 Å². The van der Waals surface area contributed by atoms with Crippen molar-refractivity contribution in [2.45, 2.75) is 57.0 Å². The summed E-state index contributed by atoms with van der Waals surface area (Å²) in [6, 6.07) is 5.39. The number of hydrogen-bond acceptors (Lipinski definition) is 3. The molecule has 4 aliphatic carbocycles. The summed E-state index contributed by atoms with van der Waals surface area (Å²) in [5.41, 5.74) is 0.350. The number of nitrogens with zero attached hydrogens (tertiary/aromatic N) is 1. The van der Waals surface area contributed by atoms with E-state index in [4.69, 9.17) is 0 Å². The third-order valence-corrected chi connectivity index (χ3v) is 7.27. The average Bonchev–Trinajstić information content (AvgIpc) is 2.86. The summed E-state index contributed by atoms with van der Waals surface area (Å²) < 4.78 is 14.0. The van der Waals surface area contributed by atoms with E-state index in [1.807, 2.05) is 0 Å². The van der Waals surface area contributed by atoms with Crippen LogP contribution in [0.15, 0.2) is 35.6 Å². The first-order chi connectivity index (χ1) is 12.9. The van der Waals surface area contributed by atoms with Crippen molar-refractivity contribution >= 4 is 11.7 Å². The molecule has 1 atom stereocenters. The van der Waals surface area contributed by atoms with Crippen molar-refractivity contribution in [2.75, 3.05) is 0 Å². The molecule has 0 aromatic heterocycles. The number of benzene rings is 1. The van der Waals surface area contributed by atoms with Crippen LogP contribution in [0.4, 0.5) is 4.39 Å². The first-order valence-corrected chi connectivity index (χ1v) is 9.91. The summed E-state index contributed by atoms with van der Waals surface area (Å²) in [6.45, 7) is 1.37. The number of carbonyl (C=O) groups excluding carboxylic acids is 2. The van der Waals surface area contributed by atoms with Gasteiger partial charge in [-0.15, -0.1) is 0 Å². The molecular formula is C22H24FNO3. The molecule has 6 rings (SSSR count). The summed E-state index contributed by atoms with van der Waals surface area (Å²) in [5, 5.41) is 10.6. The number of Topliss-reactive ketones (excluding diaryl/α,β-unsaturated/α-hetero) is 1. The molecule has 1 heterocycles. The van der Waals surface area contributed by atoms with Crippen molar-refractivity contribution in [1.82, 2.24) is 4.90 Å². The zero-order chi connectivity index (χ0) is 18.9. The highest BCUT2D eigenvalue weighted by Crippen LogP contribution is 2.60. The van der Waals surface area contributed by atoms with Crippen LogP contribution in [0.25, 0.3) is 0 Å². The number of halogens is 1. The van der Waals surface area contributed by atoms with Gasteiger partial charge in [0, 0.05) is 5.54 Å². The van der Waals surface area contributed by atoms with E-state index >= 15 is 0 Å². The molecule has 0 saturated heterocycles. The van der Waals surface area contributed by atoms with E-state index < -0.39 is 23.5 Å². The van der Waals surface area contributed by atoms with Gasteiger partial charge in [0.05, 0.1) is 11.6 Å². The number of rotatable bonds is 3. The highest BCUT2D eigenvalue weighted by atomic mass is 19.1. The number of hydrogen-bond donors (Lipinski definition) is 1. The van der Waals surface area contributed by atoms with Crippen molar-refractivity contribution in [2.24, 2.45) is 17.8 Å². The maximum atomic E-state index is 14.0. The minimum atomic E-state index is -0.693. The van der Waals surface area contributed by atoms with Crippen molar-refractivity contribution in [3.63, 3.8) is 0 Å². The van der Waals surface area contributed by atoms with Crippen LogP contribution < -0.4 is 0 Å². The maximum absolute atomic E-state index is 14.0. The van der Waals surface area contributed by atoms with Crippen LogP contribution in [0, 0.1) is 23.6 Å². The molecule has 4 nitrogen and oxygen atoms in total. The molecule has 0 radical (unpaired) electrons. The van der Waals surface area contributed by atoms with Gasteiger partial charge in [0.15, 0.2) is 11.5 Å². The number of aliphatic hydroxyl groups is 1. The number of amides is 1. The summed E-state index contributed by atoms with van der Waals surface area (Å²) in [7, 11) is 0. The number of ketones is 1. The molecule has 1 aliphatic heterocycles. The summed E-state index contributed by atoms with van der Waals surface area (Å²) in [6.07, 6.45) is 6.46. The Morgan fingerprint density at radius 3 is 2.26 bits per heavy atom. The second kappa shape index (κ2) is 5.66. The molecule has 0 unspecified atom stereocenters. The SMILES string of the molecule is CC(=O)C1=C(O)C(=O)N(C23CC4CC(CC(C4)C2)C3)[C@H]1c1cccc(F)c1. The molecule has 142 valence electrons. The topological polar surface area (TPSA) is 57.6 Å². The highest BCUT2D eigenvalue weighted by molar-refractivity contribution is 6.08. The molecule has 4 fully saturated rings. The standard InChI is InChI=1S/C22H24FNO3/c1-12(25)18-19(16-3-2-4-17(23)8-16)24(21(27)20(18)26)22-9-13-5-14(10-22)7-15(6-13)11-22/h2-4,8,13-15,19,26H,5-7,9-11H2,1H3/t13?,14?,15?,19-,22?/m0/s1. The minimum Gasteiger partial charge on any atom is -0.503 e. The zero-order valence-corrected chi connectivity index (χ0v) is 15.5. The molecule has 1 aromatic carbocycles. The molecule has 1 aromatic rings. The zero-order valence-electron chi connectivity index (χ0n) is 15.5. The Morgan fingerprint density at radius 2 is 1.74 bits per heavy atom. The molecule has 4 bridgehead atoms. The number of aliphatic hydroxyl groups excluding tert-OH is 1. The van der Waals surface area contributed by atoms with Crippen LogP contribution in [0.1, 0.15) is 57.1 Å². The second-order valence-corrected chi connectivity index (χ2v) is 9.09. The Kier molecular flexibility index (Phi) is 3.56. The van der Waals surface area contributed by atoms with Crippen LogP contribution in [-0.2, 0) is 9.59 Å². The Hall–Kier alpha value is -2.17. The van der Waals surface area contributed by atoms with Gasteiger partial charge < -0.3 is 10.0 Å². The Bertz CT molecular complexity index is 839. The monoisotopic (exact) mass is 369 g/mol. The van der Waals surface area contributed by atoms with Gasteiger partial charge in [-0.25, -0.2) is 4.39 Å². The lowest BCUT2D eigenvalue weighted by Crippen LogP contribution is -2.61. The second-order valence-electron chi connectivity index (χ2n) is 9.09. The van der Waals surface area contributed by atoms with Crippen molar-refractivity contribution in [3.8, 4) is 0 Å². The number of carbonyl (C=O) groups is 2. The molecule has 1 amide bonds. The Morgan fingerprint density at radius 1 is 1.15 bits per heavy atom.